The monoisotopic (exact) mass is 196 g/mol. The van der Waals surface area contributed by atoms with E-state index >= 15 is 0 Å². The molecule has 1 fully saturated rings. The number of ether oxygens (including phenoxy) is 1. The van der Waals surface area contributed by atoms with Gasteiger partial charge in [0.15, 0.2) is 0 Å². The van der Waals surface area contributed by atoms with Gasteiger partial charge in [0, 0.05) is 13.7 Å². The van der Waals surface area contributed by atoms with E-state index in [9.17, 15) is 5.26 Å². The Kier molecular flexibility index (Phi) is 4.37. The van der Waals surface area contributed by atoms with Gasteiger partial charge in [-0.3, -0.25) is 5.32 Å². The second-order valence-corrected chi connectivity index (χ2v) is 4.32. The minimum Gasteiger partial charge on any atom is -0.383 e. The molecule has 1 aliphatic carbocycles. The van der Waals surface area contributed by atoms with Crippen LogP contribution in [-0.2, 0) is 4.74 Å². The van der Waals surface area contributed by atoms with Crippen LogP contribution in [0.2, 0.25) is 0 Å². The van der Waals surface area contributed by atoms with Gasteiger partial charge < -0.3 is 4.74 Å². The van der Waals surface area contributed by atoms with Crippen LogP contribution in [-0.4, -0.2) is 25.8 Å². The Labute approximate surface area is 86.4 Å². The summed E-state index contributed by atoms with van der Waals surface area (Å²) < 4.78 is 4.98. The van der Waals surface area contributed by atoms with Gasteiger partial charge in [-0.05, 0) is 18.8 Å². The van der Waals surface area contributed by atoms with E-state index in [1.165, 1.54) is 6.42 Å². The molecule has 0 radical (unpaired) electrons. The van der Waals surface area contributed by atoms with E-state index in [0.29, 0.717) is 12.5 Å². The molecule has 1 aliphatic rings. The predicted molar refractivity (Wildman–Crippen MR) is 55.9 cm³/mol. The van der Waals surface area contributed by atoms with Crippen LogP contribution >= 0.6 is 0 Å². The maximum atomic E-state index is 9.21. The molecule has 0 aromatic heterocycles. The van der Waals surface area contributed by atoms with Crippen molar-refractivity contribution in [3.8, 4) is 6.07 Å². The highest BCUT2D eigenvalue weighted by Crippen LogP contribution is 2.31. The molecule has 0 heterocycles. The minimum absolute atomic E-state index is 0.282. The summed E-state index contributed by atoms with van der Waals surface area (Å²) in [5, 5.41) is 12.5. The topological polar surface area (TPSA) is 45.0 Å². The van der Waals surface area contributed by atoms with Crippen LogP contribution in [0.3, 0.4) is 0 Å². The molecule has 0 bridgehead atoms. The molecule has 0 spiro atoms. The summed E-state index contributed by atoms with van der Waals surface area (Å²) in [6.07, 6.45) is 4.38. The maximum absolute atomic E-state index is 9.21. The number of nitriles is 1. The Hall–Kier alpha value is -0.590. The van der Waals surface area contributed by atoms with Crippen LogP contribution in [0.5, 0.6) is 0 Å². The molecular formula is C11H20N2O. The molecule has 1 rings (SSSR count). The standard InChI is InChI=1S/C11H20N2O/c1-10-4-3-5-11(8-10,9-12)13-6-7-14-2/h10,13H,3-8H2,1-2H3. The molecule has 1 N–H and O–H groups in total. The second kappa shape index (κ2) is 5.33. The number of nitrogens with one attached hydrogen (secondary N) is 1. The van der Waals surface area contributed by atoms with Crippen molar-refractivity contribution < 1.29 is 4.74 Å². The number of hydrogen-bond acceptors (Lipinski definition) is 3. The summed E-state index contributed by atoms with van der Waals surface area (Å²) in [4.78, 5) is 0. The first-order valence-corrected chi connectivity index (χ1v) is 5.38. The number of nitrogens with zero attached hydrogens (tertiary/aromatic N) is 1. The van der Waals surface area contributed by atoms with Gasteiger partial charge in [-0.1, -0.05) is 19.8 Å². The van der Waals surface area contributed by atoms with Gasteiger partial charge in [0.1, 0.15) is 5.54 Å². The highest BCUT2D eigenvalue weighted by molar-refractivity contribution is 5.09. The quantitative estimate of drug-likeness (QED) is 0.696. The third-order valence-corrected chi connectivity index (χ3v) is 2.98. The SMILES string of the molecule is COCCNC1(C#N)CCCC(C)C1. The molecular weight excluding hydrogens is 176 g/mol. The zero-order valence-electron chi connectivity index (χ0n) is 9.18. The van der Waals surface area contributed by atoms with Crippen molar-refractivity contribution in [3.63, 3.8) is 0 Å². The van der Waals surface area contributed by atoms with Crippen molar-refractivity contribution in [1.82, 2.24) is 5.32 Å². The lowest BCUT2D eigenvalue weighted by atomic mass is 9.77. The summed E-state index contributed by atoms with van der Waals surface area (Å²) in [6.45, 7) is 3.68. The van der Waals surface area contributed by atoms with Crippen LogP contribution in [0.25, 0.3) is 0 Å². The summed E-state index contributed by atoms with van der Waals surface area (Å²) in [5.41, 5.74) is -0.282. The normalized spacial score (nSPS) is 32.5. The number of hydrogen-bond donors (Lipinski definition) is 1. The Morgan fingerprint density at radius 3 is 3.00 bits per heavy atom. The van der Waals surface area contributed by atoms with Crippen molar-refractivity contribution in [3.05, 3.63) is 0 Å². The smallest absolute Gasteiger partial charge is 0.107 e. The van der Waals surface area contributed by atoms with Crippen molar-refractivity contribution in [2.75, 3.05) is 20.3 Å². The molecule has 0 aliphatic heterocycles. The molecule has 0 aromatic rings. The van der Waals surface area contributed by atoms with Crippen molar-refractivity contribution >= 4 is 0 Å². The summed E-state index contributed by atoms with van der Waals surface area (Å²) in [7, 11) is 1.68. The highest BCUT2D eigenvalue weighted by atomic mass is 16.5. The number of methoxy groups -OCH3 is 1. The second-order valence-electron chi connectivity index (χ2n) is 4.32. The third kappa shape index (κ3) is 2.97. The van der Waals surface area contributed by atoms with E-state index in [4.69, 9.17) is 4.74 Å². The number of rotatable bonds is 4. The van der Waals surface area contributed by atoms with Crippen molar-refractivity contribution in [2.24, 2.45) is 5.92 Å². The largest absolute Gasteiger partial charge is 0.383 e. The van der Waals surface area contributed by atoms with Gasteiger partial charge in [0.05, 0.1) is 12.7 Å². The van der Waals surface area contributed by atoms with Crippen molar-refractivity contribution in [1.29, 1.82) is 5.26 Å². The minimum atomic E-state index is -0.282. The molecule has 80 valence electrons. The molecule has 2 unspecified atom stereocenters. The van der Waals surface area contributed by atoms with E-state index < -0.39 is 0 Å². The average molecular weight is 196 g/mol. The summed E-state index contributed by atoms with van der Waals surface area (Å²) in [6, 6.07) is 2.44. The Morgan fingerprint density at radius 1 is 1.64 bits per heavy atom. The molecule has 0 aromatic carbocycles. The molecule has 1 saturated carbocycles. The lowest BCUT2D eigenvalue weighted by Crippen LogP contribution is -2.48. The van der Waals surface area contributed by atoms with E-state index in [1.807, 2.05) is 0 Å². The van der Waals surface area contributed by atoms with Gasteiger partial charge in [-0.15, -0.1) is 0 Å². The fraction of sp³-hybridized carbons (Fsp3) is 0.909. The fourth-order valence-electron chi connectivity index (χ4n) is 2.25. The Bertz CT molecular complexity index is 212. The average Bonchev–Trinajstić information content (AvgIpc) is 2.18. The molecule has 0 saturated heterocycles. The summed E-state index contributed by atoms with van der Waals surface area (Å²) in [5.74, 6) is 0.665. The van der Waals surface area contributed by atoms with E-state index in [1.54, 1.807) is 7.11 Å². The zero-order chi connectivity index (χ0) is 10.4. The Balaban J connectivity index is 2.44. The molecule has 0 amide bonds. The van der Waals surface area contributed by atoms with Gasteiger partial charge in [-0.2, -0.15) is 5.26 Å². The van der Waals surface area contributed by atoms with Gasteiger partial charge in [0.25, 0.3) is 0 Å². The lowest BCUT2D eigenvalue weighted by molar-refractivity contribution is 0.174. The molecule has 3 heteroatoms. The van der Waals surface area contributed by atoms with Gasteiger partial charge in [0.2, 0.25) is 0 Å². The van der Waals surface area contributed by atoms with Crippen LogP contribution in [0.4, 0.5) is 0 Å². The molecule has 2 atom stereocenters. The Morgan fingerprint density at radius 2 is 2.43 bits per heavy atom. The summed E-state index contributed by atoms with van der Waals surface area (Å²) >= 11 is 0. The molecule has 14 heavy (non-hydrogen) atoms. The fourth-order valence-corrected chi connectivity index (χ4v) is 2.25. The van der Waals surface area contributed by atoms with Crippen LogP contribution < -0.4 is 5.32 Å². The van der Waals surface area contributed by atoms with E-state index in [0.717, 1.165) is 25.8 Å². The first kappa shape index (κ1) is 11.5. The lowest BCUT2D eigenvalue weighted by Gasteiger charge is -2.35. The predicted octanol–water partition coefficient (Wildman–Crippen LogP) is 1.69. The van der Waals surface area contributed by atoms with Gasteiger partial charge in [-0.25, -0.2) is 0 Å². The van der Waals surface area contributed by atoms with Gasteiger partial charge >= 0.3 is 0 Å². The first-order chi connectivity index (χ1) is 6.72. The van der Waals surface area contributed by atoms with Crippen LogP contribution in [0, 0.1) is 17.2 Å². The zero-order valence-corrected chi connectivity index (χ0v) is 9.18. The highest BCUT2D eigenvalue weighted by Gasteiger charge is 2.34. The van der Waals surface area contributed by atoms with Crippen LogP contribution in [0.15, 0.2) is 0 Å². The maximum Gasteiger partial charge on any atom is 0.107 e. The first-order valence-electron chi connectivity index (χ1n) is 5.38. The van der Waals surface area contributed by atoms with E-state index in [2.05, 4.69) is 18.3 Å². The van der Waals surface area contributed by atoms with E-state index in [-0.39, 0.29) is 5.54 Å². The third-order valence-electron chi connectivity index (χ3n) is 2.98. The molecule has 3 nitrogen and oxygen atoms in total. The van der Waals surface area contributed by atoms with Crippen LogP contribution in [0.1, 0.15) is 32.6 Å². The van der Waals surface area contributed by atoms with Crippen molar-refractivity contribution in [2.45, 2.75) is 38.1 Å².